The Bertz CT molecular complexity index is 1050. The number of benzene rings is 2. The van der Waals surface area contributed by atoms with E-state index in [1.807, 2.05) is 0 Å². The van der Waals surface area contributed by atoms with Gasteiger partial charge >= 0.3 is 11.8 Å². The van der Waals surface area contributed by atoms with E-state index in [0.717, 1.165) is 45.3 Å². The van der Waals surface area contributed by atoms with Crippen LogP contribution in [0.4, 0.5) is 11.4 Å². The summed E-state index contributed by atoms with van der Waals surface area (Å²) in [5, 5.41) is 5.50. The van der Waals surface area contributed by atoms with E-state index in [0.29, 0.717) is 23.7 Å². The number of carbonyl (C=O) groups is 2. The summed E-state index contributed by atoms with van der Waals surface area (Å²) in [6.45, 7) is 3.63. The van der Waals surface area contributed by atoms with E-state index in [-0.39, 0.29) is 12.8 Å². The third-order valence-electron chi connectivity index (χ3n) is 6.71. The lowest BCUT2D eigenvalue weighted by Gasteiger charge is -2.31. The smallest absolute Gasteiger partial charge is 0.313 e. The number of carbonyl (C=O) groups excluding carboxylic acids is 2. The molecule has 2 aromatic rings. The van der Waals surface area contributed by atoms with E-state index in [9.17, 15) is 9.59 Å². The van der Waals surface area contributed by atoms with Crippen LogP contribution in [-0.4, -0.2) is 56.7 Å². The van der Waals surface area contributed by atoms with Gasteiger partial charge in [0, 0.05) is 37.6 Å². The minimum atomic E-state index is -0.693. The third kappa shape index (κ3) is 4.61. The van der Waals surface area contributed by atoms with Crippen LogP contribution < -0.4 is 25.0 Å². The maximum absolute atomic E-state index is 12.6. The van der Waals surface area contributed by atoms with Crippen LogP contribution in [-0.2, 0) is 16.0 Å². The highest BCUT2D eigenvalue weighted by atomic mass is 16.7. The van der Waals surface area contributed by atoms with Crippen LogP contribution in [0.15, 0.2) is 36.4 Å². The van der Waals surface area contributed by atoms with Gasteiger partial charge in [0.25, 0.3) is 0 Å². The molecule has 0 bridgehead atoms. The van der Waals surface area contributed by atoms with Crippen molar-refractivity contribution < 1.29 is 19.1 Å². The number of ether oxygens (including phenoxy) is 2. The number of nitrogens with one attached hydrogen (secondary N) is 2. The molecule has 0 unspecified atom stereocenters. The zero-order chi connectivity index (χ0) is 22.8. The summed E-state index contributed by atoms with van der Waals surface area (Å²) in [5.74, 6) is -0.154. The maximum Gasteiger partial charge on any atom is 0.313 e. The van der Waals surface area contributed by atoms with Gasteiger partial charge < -0.3 is 25.0 Å². The SMILES string of the molecule is CN1CCCc2cc([C@@H](CNC(=O)C(=O)Nc3ccc4c(c3)OCO4)N3CCCC3)ccc21. The molecule has 8 heteroatoms. The van der Waals surface area contributed by atoms with Crippen LogP contribution in [0.3, 0.4) is 0 Å². The van der Waals surface area contributed by atoms with Crippen LogP contribution in [0.1, 0.15) is 36.4 Å². The molecule has 3 heterocycles. The average molecular weight is 451 g/mol. The molecule has 2 aromatic carbocycles. The molecule has 1 fully saturated rings. The molecule has 8 nitrogen and oxygen atoms in total. The van der Waals surface area contributed by atoms with E-state index in [4.69, 9.17) is 9.47 Å². The van der Waals surface area contributed by atoms with Crippen LogP contribution in [0.2, 0.25) is 0 Å². The lowest BCUT2D eigenvalue weighted by atomic mass is 9.96. The number of fused-ring (bicyclic) bond motifs is 2. The molecule has 0 spiro atoms. The van der Waals surface area contributed by atoms with Crippen LogP contribution in [0, 0.1) is 0 Å². The first-order valence-corrected chi connectivity index (χ1v) is 11.7. The van der Waals surface area contributed by atoms with Crippen molar-refractivity contribution in [3.8, 4) is 11.5 Å². The molecule has 1 saturated heterocycles. The Morgan fingerprint density at radius 3 is 2.64 bits per heavy atom. The zero-order valence-corrected chi connectivity index (χ0v) is 18.9. The highest BCUT2D eigenvalue weighted by Gasteiger charge is 2.27. The van der Waals surface area contributed by atoms with Crippen molar-refractivity contribution >= 4 is 23.2 Å². The van der Waals surface area contributed by atoms with Crippen molar-refractivity contribution in [1.29, 1.82) is 0 Å². The fourth-order valence-electron chi connectivity index (χ4n) is 4.96. The van der Waals surface area contributed by atoms with Gasteiger partial charge in [0.1, 0.15) is 0 Å². The predicted octanol–water partition coefficient (Wildman–Crippen LogP) is 2.69. The molecular formula is C25H30N4O4. The summed E-state index contributed by atoms with van der Waals surface area (Å²) in [7, 11) is 2.13. The molecule has 3 aliphatic heterocycles. The van der Waals surface area contributed by atoms with E-state index >= 15 is 0 Å². The lowest BCUT2D eigenvalue weighted by molar-refractivity contribution is -0.136. The Hall–Kier alpha value is -3.26. The number of hydrogen-bond donors (Lipinski definition) is 2. The van der Waals surface area contributed by atoms with E-state index in [2.05, 4.69) is 45.7 Å². The van der Waals surface area contributed by atoms with Crippen molar-refractivity contribution in [3.63, 3.8) is 0 Å². The molecule has 174 valence electrons. The van der Waals surface area contributed by atoms with Gasteiger partial charge in [-0.05, 0) is 68.1 Å². The van der Waals surface area contributed by atoms with Gasteiger partial charge in [-0.3, -0.25) is 14.5 Å². The number of likely N-dealkylation sites (tertiary alicyclic amines) is 1. The van der Waals surface area contributed by atoms with Crippen LogP contribution >= 0.6 is 0 Å². The molecule has 2 amide bonds. The monoisotopic (exact) mass is 450 g/mol. The van der Waals surface area contributed by atoms with Gasteiger partial charge in [-0.15, -0.1) is 0 Å². The minimum absolute atomic E-state index is 0.0484. The summed E-state index contributed by atoms with van der Waals surface area (Å²) in [4.78, 5) is 29.8. The largest absolute Gasteiger partial charge is 0.454 e. The topological polar surface area (TPSA) is 83.1 Å². The zero-order valence-electron chi connectivity index (χ0n) is 18.9. The number of hydrogen-bond acceptors (Lipinski definition) is 6. The Morgan fingerprint density at radius 1 is 0.970 bits per heavy atom. The predicted molar refractivity (Wildman–Crippen MR) is 126 cm³/mol. The molecule has 0 saturated carbocycles. The van der Waals surface area contributed by atoms with Gasteiger partial charge in [0.2, 0.25) is 6.79 Å². The standard InChI is InChI=1S/C25H30N4O4/c1-28-10-4-5-17-13-18(6-8-20(17)28)21(29-11-2-3-12-29)15-26-24(30)25(31)27-19-7-9-22-23(14-19)33-16-32-22/h6-9,13-14,21H,2-5,10-12,15-16H2,1H3,(H,26,30)(H,27,31)/t21-/m1/s1. The van der Waals surface area contributed by atoms with Gasteiger partial charge in [0.15, 0.2) is 11.5 Å². The second kappa shape index (κ2) is 9.31. The van der Waals surface area contributed by atoms with Gasteiger partial charge in [0.05, 0.1) is 6.04 Å². The minimum Gasteiger partial charge on any atom is -0.454 e. The van der Waals surface area contributed by atoms with E-state index in [1.165, 1.54) is 16.8 Å². The summed E-state index contributed by atoms with van der Waals surface area (Å²) < 4.78 is 10.6. The fourth-order valence-corrected chi connectivity index (χ4v) is 4.96. The lowest BCUT2D eigenvalue weighted by Crippen LogP contribution is -2.41. The van der Waals surface area contributed by atoms with Crippen LogP contribution in [0.5, 0.6) is 11.5 Å². The van der Waals surface area contributed by atoms with Crippen molar-refractivity contribution in [3.05, 3.63) is 47.5 Å². The number of amides is 2. The number of rotatable bonds is 5. The fraction of sp³-hybridized carbons (Fsp3) is 0.440. The van der Waals surface area contributed by atoms with Crippen molar-refractivity contribution in [2.24, 2.45) is 0 Å². The highest BCUT2D eigenvalue weighted by molar-refractivity contribution is 6.39. The first-order chi connectivity index (χ1) is 16.1. The van der Waals surface area contributed by atoms with Crippen LogP contribution in [0.25, 0.3) is 0 Å². The molecular weight excluding hydrogens is 420 g/mol. The van der Waals surface area contributed by atoms with Crippen molar-refractivity contribution in [2.75, 3.05) is 50.2 Å². The summed E-state index contributed by atoms with van der Waals surface area (Å²) >= 11 is 0. The third-order valence-corrected chi connectivity index (χ3v) is 6.71. The second-order valence-corrected chi connectivity index (χ2v) is 8.90. The van der Waals surface area contributed by atoms with Gasteiger partial charge in [-0.1, -0.05) is 12.1 Å². The number of aryl methyl sites for hydroxylation is 1. The van der Waals surface area contributed by atoms with Crippen molar-refractivity contribution in [1.82, 2.24) is 10.2 Å². The van der Waals surface area contributed by atoms with E-state index in [1.54, 1.807) is 18.2 Å². The first-order valence-electron chi connectivity index (χ1n) is 11.7. The molecule has 2 N–H and O–H groups in total. The number of nitrogens with zero attached hydrogens (tertiary/aromatic N) is 2. The molecule has 5 rings (SSSR count). The average Bonchev–Trinajstić information content (AvgIpc) is 3.51. The molecule has 33 heavy (non-hydrogen) atoms. The summed E-state index contributed by atoms with van der Waals surface area (Å²) in [6.07, 6.45) is 4.54. The van der Waals surface area contributed by atoms with Crippen molar-refractivity contribution in [2.45, 2.75) is 31.7 Å². The quantitative estimate of drug-likeness (QED) is 0.682. The summed E-state index contributed by atoms with van der Waals surface area (Å²) in [5.41, 5.74) is 4.34. The number of anilines is 2. The first kappa shape index (κ1) is 21.6. The van der Waals surface area contributed by atoms with E-state index < -0.39 is 11.8 Å². The Balaban J connectivity index is 1.26. The molecule has 1 atom stereocenters. The maximum atomic E-state index is 12.6. The molecule has 3 aliphatic rings. The highest BCUT2D eigenvalue weighted by Crippen LogP contribution is 2.34. The Labute approximate surface area is 193 Å². The van der Waals surface area contributed by atoms with Gasteiger partial charge in [-0.2, -0.15) is 0 Å². The molecule has 0 aromatic heterocycles. The second-order valence-electron chi connectivity index (χ2n) is 8.90. The molecule has 0 radical (unpaired) electrons. The Kier molecular flexibility index (Phi) is 6.09. The van der Waals surface area contributed by atoms with Gasteiger partial charge in [-0.25, -0.2) is 0 Å². The Morgan fingerprint density at radius 2 is 1.79 bits per heavy atom. The molecule has 0 aliphatic carbocycles. The normalized spacial score (nSPS) is 18.0. The summed E-state index contributed by atoms with van der Waals surface area (Å²) in [6, 6.07) is 11.8.